The smallest absolute Gasteiger partial charge is 0.161 e. The van der Waals surface area contributed by atoms with Crippen LogP contribution in [-0.4, -0.2) is 13.7 Å². The molecule has 16 heavy (non-hydrogen) atoms. The van der Waals surface area contributed by atoms with E-state index >= 15 is 0 Å². The predicted octanol–water partition coefficient (Wildman–Crippen LogP) is 1.98. The van der Waals surface area contributed by atoms with Crippen molar-refractivity contribution < 1.29 is 0 Å². The second kappa shape index (κ2) is 3.83. The number of hydrogen-bond donors (Lipinski definition) is 1. The van der Waals surface area contributed by atoms with E-state index in [0.717, 1.165) is 24.2 Å². The molecule has 0 saturated heterocycles. The molecule has 82 valence electrons. The van der Waals surface area contributed by atoms with Gasteiger partial charge in [0.05, 0.1) is 17.4 Å². The van der Waals surface area contributed by atoms with E-state index in [2.05, 4.69) is 19.8 Å². The maximum atomic E-state index is 5.84. The Kier molecular flexibility index (Phi) is 2.32. The molecule has 5 heteroatoms. The third-order valence-electron chi connectivity index (χ3n) is 3.07. The highest BCUT2D eigenvalue weighted by molar-refractivity contribution is 6.99. The topological polar surface area (TPSA) is 64.7 Å². The average molecular weight is 232 g/mol. The summed E-state index contributed by atoms with van der Waals surface area (Å²) in [6.07, 6.45) is 5.18. The number of nitrogen functional groups attached to an aromatic ring is 1. The Morgan fingerprint density at radius 1 is 1.31 bits per heavy atom. The van der Waals surface area contributed by atoms with Crippen molar-refractivity contribution in [1.29, 1.82) is 0 Å². The lowest BCUT2D eigenvalue weighted by Crippen LogP contribution is -2.14. The van der Waals surface area contributed by atoms with Crippen LogP contribution in [0.4, 0.5) is 5.82 Å². The first-order valence-corrected chi connectivity index (χ1v) is 6.11. The monoisotopic (exact) mass is 232 g/mol. The van der Waals surface area contributed by atoms with Crippen LogP contribution in [0.25, 0.3) is 0 Å². The Bertz CT molecular complexity index is 508. The molecule has 0 fully saturated rings. The molecule has 2 heterocycles. The molecular formula is C11H12N4S. The van der Waals surface area contributed by atoms with Crippen molar-refractivity contribution in [2.45, 2.75) is 25.2 Å². The van der Waals surface area contributed by atoms with Gasteiger partial charge in [-0.15, -0.1) is 0 Å². The summed E-state index contributed by atoms with van der Waals surface area (Å²) in [7, 11) is 0. The van der Waals surface area contributed by atoms with Crippen LogP contribution in [0, 0.1) is 0 Å². The van der Waals surface area contributed by atoms with Crippen molar-refractivity contribution in [2.24, 2.45) is 0 Å². The maximum absolute atomic E-state index is 5.84. The van der Waals surface area contributed by atoms with E-state index in [9.17, 15) is 0 Å². The summed E-state index contributed by atoms with van der Waals surface area (Å²) in [5, 5.41) is 0. The lowest BCUT2D eigenvalue weighted by molar-refractivity contribution is 0.592. The maximum Gasteiger partial charge on any atom is 0.161 e. The zero-order valence-corrected chi connectivity index (χ0v) is 9.57. The van der Waals surface area contributed by atoms with E-state index in [1.165, 1.54) is 23.7 Å². The van der Waals surface area contributed by atoms with E-state index in [1.54, 1.807) is 0 Å². The first kappa shape index (κ1) is 9.72. The number of hydrogen-bond acceptors (Lipinski definition) is 5. The number of nitrogens with two attached hydrogens (primary N) is 1. The van der Waals surface area contributed by atoms with Gasteiger partial charge in [0.15, 0.2) is 5.82 Å². The number of aryl methyl sites for hydroxylation is 1. The second-order valence-corrected chi connectivity index (χ2v) is 4.56. The van der Waals surface area contributed by atoms with E-state index in [-0.39, 0.29) is 5.92 Å². The molecule has 0 bridgehead atoms. The van der Waals surface area contributed by atoms with Gasteiger partial charge in [-0.2, -0.15) is 8.75 Å². The molecule has 3 rings (SSSR count). The van der Waals surface area contributed by atoms with Gasteiger partial charge < -0.3 is 5.73 Å². The van der Waals surface area contributed by atoms with E-state index < -0.39 is 0 Å². The Balaban J connectivity index is 2.08. The predicted molar refractivity (Wildman–Crippen MR) is 63.3 cm³/mol. The molecule has 0 amide bonds. The first-order chi connectivity index (χ1) is 7.86. The van der Waals surface area contributed by atoms with E-state index in [1.807, 2.05) is 12.3 Å². The molecule has 0 spiro atoms. The highest BCUT2D eigenvalue weighted by Gasteiger charge is 2.26. The lowest BCUT2D eigenvalue weighted by Gasteiger charge is -2.22. The van der Waals surface area contributed by atoms with Crippen molar-refractivity contribution in [3.8, 4) is 0 Å². The second-order valence-electron chi connectivity index (χ2n) is 4.03. The lowest BCUT2D eigenvalue weighted by atomic mass is 9.84. The minimum atomic E-state index is 0.240. The van der Waals surface area contributed by atoms with Crippen LogP contribution in [-0.2, 0) is 6.42 Å². The molecule has 2 aromatic rings. The molecule has 0 saturated carbocycles. The molecule has 1 unspecified atom stereocenters. The fourth-order valence-electron chi connectivity index (χ4n) is 2.32. The molecule has 1 atom stereocenters. The number of fused-ring (bicyclic) bond motifs is 1. The summed E-state index contributed by atoms with van der Waals surface area (Å²) >= 11 is 1.18. The zero-order valence-electron chi connectivity index (χ0n) is 8.76. The average Bonchev–Trinajstić information content (AvgIpc) is 2.75. The molecule has 1 aliphatic carbocycles. The molecule has 0 radical (unpaired) electrons. The standard InChI is InChI=1S/C11H12N4S/c12-11-10(14-16-15-11)8-5-1-3-7-4-2-6-13-9(7)8/h2,4,6,8H,1,3,5H2,(H2,12,15). The minimum absolute atomic E-state index is 0.240. The van der Waals surface area contributed by atoms with Crippen molar-refractivity contribution in [3.05, 3.63) is 35.3 Å². The molecule has 4 nitrogen and oxygen atoms in total. The van der Waals surface area contributed by atoms with Gasteiger partial charge in [0.25, 0.3) is 0 Å². The van der Waals surface area contributed by atoms with Crippen LogP contribution >= 0.6 is 11.7 Å². The fraction of sp³-hybridized carbons (Fsp3) is 0.364. The summed E-state index contributed by atoms with van der Waals surface area (Å²) in [6.45, 7) is 0. The van der Waals surface area contributed by atoms with Crippen molar-refractivity contribution in [1.82, 2.24) is 13.7 Å². The normalized spacial score (nSPS) is 19.4. The summed E-state index contributed by atoms with van der Waals surface area (Å²) in [5.41, 5.74) is 9.20. The molecule has 2 N–H and O–H groups in total. The van der Waals surface area contributed by atoms with Crippen molar-refractivity contribution in [2.75, 3.05) is 5.73 Å². The van der Waals surface area contributed by atoms with Gasteiger partial charge >= 0.3 is 0 Å². The summed E-state index contributed by atoms with van der Waals surface area (Å²) in [5.74, 6) is 0.803. The van der Waals surface area contributed by atoms with Gasteiger partial charge in [0.1, 0.15) is 5.69 Å². The first-order valence-electron chi connectivity index (χ1n) is 5.38. The van der Waals surface area contributed by atoms with E-state index in [0.29, 0.717) is 5.82 Å². The van der Waals surface area contributed by atoms with E-state index in [4.69, 9.17) is 5.73 Å². The molecule has 1 aliphatic rings. The van der Waals surface area contributed by atoms with Gasteiger partial charge in [-0.3, -0.25) is 4.98 Å². The van der Waals surface area contributed by atoms with Crippen molar-refractivity contribution >= 4 is 17.5 Å². The molecule has 2 aromatic heterocycles. The number of nitrogens with zero attached hydrogens (tertiary/aromatic N) is 3. The van der Waals surface area contributed by atoms with Gasteiger partial charge in [-0.05, 0) is 30.9 Å². The summed E-state index contributed by atoms with van der Waals surface area (Å²) in [6, 6.07) is 4.13. The van der Waals surface area contributed by atoms with Gasteiger partial charge in [0, 0.05) is 12.1 Å². The SMILES string of the molecule is Nc1nsnc1C1CCCc2cccnc21. The third-order valence-corrected chi connectivity index (χ3v) is 3.62. The molecule has 0 aliphatic heterocycles. The Morgan fingerprint density at radius 2 is 2.25 bits per heavy atom. The van der Waals surface area contributed by atoms with Crippen LogP contribution in [0.15, 0.2) is 18.3 Å². The van der Waals surface area contributed by atoms with Crippen LogP contribution in [0.2, 0.25) is 0 Å². The van der Waals surface area contributed by atoms with Gasteiger partial charge in [-0.25, -0.2) is 0 Å². The number of anilines is 1. The molecule has 0 aromatic carbocycles. The number of aromatic nitrogens is 3. The number of pyridine rings is 1. The summed E-state index contributed by atoms with van der Waals surface area (Å²) in [4.78, 5) is 4.48. The van der Waals surface area contributed by atoms with Crippen LogP contribution < -0.4 is 5.73 Å². The van der Waals surface area contributed by atoms with Crippen LogP contribution in [0.1, 0.15) is 35.7 Å². The third kappa shape index (κ3) is 1.48. The largest absolute Gasteiger partial charge is 0.381 e. The highest BCUT2D eigenvalue weighted by atomic mass is 32.1. The van der Waals surface area contributed by atoms with Crippen LogP contribution in [0.5, 0.6) is 0 Å². The Morgan fingerprint density at radius 3 is 3.06 bits per heavy atom. The Labute approximate surface area is 97.9 Å². The summed E-state index contributed by atoms with van der Waals surface area (Å²) < 4.78 is 8.35. The fourth-order valence-corrected chi connectivity index (χ4v) is 2.85. The molecular weight excluding hydrogens is 220 g/mol. The highest BCUT2D eigenvalue weighted by Crippen LogP contribution is 2.36. The van der Waals surface area contributed by atoms with Gasteiger partial charge in [-0.1, -0.05) is 6.07 Å². The number of rotatable bonds is 1. The van der Waals surface area contributed by atoms with Gasteiger partial charge in [0.2, 0.25) is 0 Å². The minimum Gasteiger partial charge on any atom is -0.381 e. The quantitative estimate of drug-likeness (QED) is 0.816. The zero-order chi connectivity index (χ0) is 11.0. The van der Waals surface area contributed by atoms with Crippen LogP contribution in [0.3, 0.4) is 0 Å². The van der Waals surface area contributed by atoms with Crippen molar-refractivity contribution in [3.63, 3.8) is 0 Å². The Hall–Kier alpha value is -1.49.